The van der Waals surface area contributed by atoms with Crippen molar-refractivity contribution < 1.29 is 4.39 Å². The summed E-state index contributed by atoms with van der Waals surface area (Å²) in [6.45, 7) is 3.93. The second-order valence-corrected chi connectivity index (χ2v) is 9.46. The van der Waals surface area contributed by atoms with Crippen LogP contribution in [0.25, 0.3) is 22.5 Å². The lowest BCUT2D eigenvalue weighted by atomic mass is 10.2. The molecule has 1 N–H and O–H groups in total. The van der Waals surface area contributed by atoms with Crippen LogP contribution in [0.1, 0.15) is 11.4 Å². The number of nitrogens with one attached hydrogen (secondary N) is 1. The van der Waals surface area contributed by atoms with Gasteiger partial charge in [-0.15, -0.1) is 0 Å². The van der Waals surface area contributed by atoms with Crippen LogP contribution in [0.5, 0.6) is 0 Å². The molecular formula is C28H21Cl2FN8O. The number of halogens is 3. The van der Waals surface area contributed by atoms with E-state index < -0.39 is 11.4 Å². The van der Waals surface area contributed by atoms with E-state index in [-0.39, 0.29) is 16.4 Å². The molecule has 40 heavy (non-hydrogen) atoms. The summed E-state index contributed by atoms with van der Waals surface area (Å²) in [7, 11) is 0. The van der Waals surface area contributed by atoms with Gasteiger partial charge in [-0.2, -0.15) is 9.78 Å². The lowest BCUT2D eigenvalue weighted by Gasteiger charge is -2.14. The third-order valence-corrected chi connectivity index (χ3v) is 6.14. The Labute approximate surface area is 237 Å². The maximum absolute atomic E-state index is 13.6. The maximum Gasteiger partial charge on any atom is 0.267 e. The van der Waals surface area contributed by atoms with Crippen LogP contribution in [0.4, 0.5) is 16.0 Å². The van der Waals surface area contributed by atoms with E-state index >= 15 is 0 Å². The van der Waals surface area contributed by atoms with Gasteiger partial charge in [-0.3, -0.25) is 4.79 Å². The van der Waals surface area contributed by atoms with Crippen LogP contribution in [-0.2, 0) is 0 Å². The molecule has 0 saturated heterocycles. The number of aromatic nitrogens is 7. The van der Waals surface area contributed by atoms with Crippen LogP contribution < -0.4 is 10.9 Å². The molecule has 9 nitrogen and oxygen atoms in total. The van der Waals surface area contributed by atoms with Crippen molar-refractivity contribution in [1.82, 2.24) is 34.3 Å². The third-order valence-electron chi connectivity index (χ3n) is 5.60. The summed E-state index contributed by atoms with van der Waals surface area (Å²) < 4.78 is 16.2. The molecular weight excluding hydrogens is 554 g/mol. The van der Waals surface area contributed by atoms with Gasteiger partial charge in [0.15, 0.2) is 0 Å². The number of hydrogen-bond acceptors (Lipinski definition) is 7. The summed E-state index contributed by atoms with van der Waals surface area (Å²) in [6, 6.07) is 20.3. The lowest BCUT2D eigenvalue weighted by Crippen LogP contribution is -2.25. The smallest absolute Gasteiger partial charge is 0.267 e. The normalized spacial score (nSPS) is 10.7. The Kier molecular flexibility index (Phi) is 7.81. The highest BCUT2D eigenvalue weighted by molar-refractivity contribution is 6.35. The minimum Gasteiger partial charge on any atom is -0.324 e. The molecule has 0 atom stereocenters. The Morgan fingerprint density at radius 1 is 0.875 bits per heavy atom. The van der Waals surface area contributed by atoms with Gasteiger partial charge < -0.3 is 5.32 Å². The molecule has 0 fully saturated rings. The lowest BCUT2D eigenvalue weighted by molar-refractivity contribution is 0.629. The van der Waals surface area contributed by atoms with E-state index in [1.165, 1.54) is 40.1 Å². The average Bonchev–Trinajstić information content (AvgIpc) is 3.45. The van der Waals surface area contributed by atoms with Crippen LogP contribution in [0.3, 0.4) is 0 Å². The van der Waals surface area contributed by atoms with Crippen molar-refractivity contribution in [2.45, 2.75) is 13.8 Å². The Morgan fingerprint density at radius 2 is 1.62 bits per heavy atom. The number of benzene rings is 3. The molecule has 6 aromatic rings. The van der Waals surface area contributed by atoms with Crippen molar-refractivity contribution in [2.75, 3.05) is 5.32 Å². The highest BCUT2D eigenvalue weighted by Gasteiger charge is 2.17. The Balaban J connectivity index is 0.000000184. The third kappa shape index (κ3) is 5.98. The second kappa shape index (κ2) is 11.6. The van der Waals surface area contributed by atoms with E-state index in [1.54, 1.807) is 12.1 Å². The molecule has 0 spiro atoms. The van der Waals surface area contributed by atoms with Gasteiger partial charge in [0.2, 0.25) is 11.9 Å². The highest BCUT2D eigenvalue weighted by Crippen LogP contribution is 2.26. The monoisotopic (exact) mass is 574 g/mol. The summed E-state index contributed by atoms with van der Waals surface area (Å²) >= 11 is 12.2. The fourth-order valence-electron chi connectivity index (χ4n) is 3.92. The summed E-state index contributed by atoms with van der Waals surface area (Å²) in [5.74, 6) is 0.290. The first kappa shape index (κ1) is 26.9. The first-order valence-electron chi connectivity index (χ1n) is 12.0. The average molecular weight is 575 g/mol. The molecule has 0 unspecified atom stereocenters. The minimum atomic E-state index is -0.534. The van der Waals surface area contributed by atoms with E-state index in [2.05, 4.69) is 30.4 Å². The molecule has 3 heterocycles. The van der Waals surface area contributed by atoms with Crippen LogP contribution in [-0.4, -0.2) is 34.3 Å². The number of nitrogens with zero attached hydrogens (tertiary/aromatic N) is 7. The molecule has 0 amide bonds. The Morgan fingerprint density at radius 3 is 2.30 bits per heavy atom. The van der Waals surface area contributed by atoms with Crippen molar-refractivity contribution in [2.24, 2.45) is 0 Å². The first-order chi connectivity index (χ1) is 19.3. The van der Waals surface area contributed by atoms with E-state index in [1.807, 2.05) is 50.2 Å². The summed E-state index contributed by atoms with van der Waals surface area (Å²) in [5.41, 5.74) is 3.14. The molecule has 0 saturated carbocycles. The van der Waals surface area contributed by atoms with Gasteiger partial charge in [0.05, 0.1) is 21.6 Å². The zero-order valence-corrected chi connectivity index (χ0v) is 22.8. The zero-order valence-electron chi connectivity index (χ0n) is 21.3. The van der Waals surface area contributed by atoms with E-state index in [9.17, 15) is 9.18 Å². The molecule has 0 aliphatic rings. The van der Waals surface area contributed by atoms with Crippen molar-refractivity contribution >= 4 is 45.7 Å². The SMILES string of the molecule is Cc1cc(C)nc(Nc2ccccc2)n1.O=c1c2cc(F)ccc2nc(-n2cncn2)n1-c1ccc(Cl)cc1Cl. The summed E-state index contributed by atoms with van der Waals surface area (Å²) in [6.07, 6.45) is 2.71. The molecule has 3 aromatic heterocycles. The Hall–Kier alpha value is -4.67. The fourth-order valence-corrected chi connectivity index (χ4v) is 4.42. The molecule has 0 aliphatic heterocycles. The van der Waals surface area contributed by atoms with E-state index in [0.717, 1.165) is 23.1 Å². The number of hydrogen-bond donors (Lipinski definition) is 1. The van der Waals surface area contributed by atoms with Gasteiger partial charge in [0, 0.05) is 22.1 Å². The minimum absolute atomic E-state index is 0.120. The topological polar surface area (TPSA) is 103 Å². The molecule has 0 radical (unpaired) electrons. The second-order valence-electron chi connectivity index (χ2n) is 8.61. The number of fused-ring (bicyclic) bond motifs is 1. The van der Waals surface area contributed by atoms with E-state index in [0.29, 0.717) is 22.2 Å². The van der Waals surface area contributed by atoms with Crippen molar-refractivity contribution in [1.29, 1.82) is 0 Å². The predicted octanol–water partition coefficient (Wildman–Crippen LogP) is 6.25. The summed E-state index contributed by atoms with van der Waals surface area (Å²) in [4.78, 5) is 30.0. The van der Waals surface area contributed by atoms with Gasteiger partial charge in [0.1, 0.15) is 18.5 Å². The quantitative estimate of drug-likeness (QED) is 0.265. The molecule has 0 bridgehead atoms. The number of rotatable bonds is 4. The van der Waals surface area contributed by atoms with Crippen LogP contribution in [0, 0.1) is 19.7 Å². The predicted molar refractivity (Wildman–Crippen MR) is 153 cm³/mol. The zero-order chi connectivity index (χ0) is 28.2. The van der Waals surface area contributed by atoms with Crippen molar-refractivity contribution in [3.8, 4) is 11.6 Å². The van der Waals surface area contributed by atoms with Crippen molar-refractivity contribution in [3.05, 3.63) is 123 Å². The molecule has 0 aliphatic carbocycles. The standard InChI is InChI=1S/C16H8Cl2FN5O.C12H13N3/c17-9-1-4-14(12(18)5-9)24-15(25)11-6-10(19)2-3-13(11)22-16(24)23-8-20-7-21-23;1-9-8-10(2)14-12(13-9)15-11-6-4-3-5-7-11/h1-8H;3-8H,1-2H3,(H,13,14,15). The largest absolute Gasteiger partial charge is 0.324 e. The molecule has 6 rings (SSSR count). The van der Waals surface area contributed by atoms with Gasteiger partial charge >= 0.3 is 0 Å². The van der Waals surface area contributed by atoms with E-state index in [4.69, 9.17) is 23.2 Å². The van der Waals surface area contributed by atoms with Gasteiger partial charge in [-0.05, 0) is 68.4 Å². The first-order valence-corrected chi connectivity index (χ1v) is 12.7. The molecule has 12 heteroatoms. The number of anilines is 2. The molecule has 3 aromatic carbocycles. The fraction of sp³-hybridized carbons (Fsp3) is 0.0714. The van der Waals surface area contributed by atoms with Gasteiger partial charge in [-0.1, -0.05) is 41.4 Å². The van der Waals surface area contributed by atoms with Crippen LogP contribution in [0.2, 0.25) is 10.0 Å². The number of aryl methyl sites for hydroxylation is 2. The van der Waals surface area contributed by atoms with Crippen LogP contribution in [0.15, 0.2) is 90.2 Å². The molecule has 200 valence electrons. The number of para-hydroxylation sites is 1. The van der Waals surface area contributed by atoms with Gasteiger partial charge in [-0.25, -0.2) is 28.9 Å². The van der Waals surface area contributed by atoms with Crippen molar-refractivity contribution in [3.63, 3.8) is 0 Å². The highest BCUT2D eigenvalue weighted by atomic mass is 35.5. The van der Waals surface area contributed by atoms with Crippen LogP contribution >= 0.6 is 23.2 Å². The maximum atomic E-state index is 13.6. The summed E-state index contributed by atoms with van der Waals surface area (Å²) in [5, 5.41) is 7.97. The Bertz CT molecular complexity index is 1840. The van der Waals surface area contributed by atoms with Gasteiger partial charge in [0.25, 0.3) is 5.56 Å².